The van der Waals surface area contributed by atoms with E-state index in [2.05, 4.69) is 39.4 Å². The van der Waals surface area contributed by atoms with E-state index in [0.717, 1.165) is 27.4 Å². The number of aromatic nitrogens is 4. The van der Waals surface area contributed by atoms with Crippen molar-refractivity contribution < 1.29 is 33.0 Å². The van der Waals surface area contributed by atoms with Gasteiger partial charge in [0.15, 0.2) is 0 Å². The van der Waals surface area contributed by atoms with Crippen molar-refractivity contribution >= 4 is 45.8 Å². The molecule has 15 heteroatoms. The molecule has 324 valence electrons. The van der Waals surface area contributed by atoms with Crippen molar-refractivity contribution in [3.05, 3.63) is 72.2 Å². The fourth-order valence-electron chi connectivity index (χ4n) is 9.07. The molecule has 0 radical (unpaired) electrons. The molecule has 8 atom stereocenters. The zero-order chi connectivity index (χ0) is 44.0. The molecule has 0 saturated carbocycles. The molecule has 2 aromatic heterocycles. The summed E-state index contributed by atoms with van der Waals surface area (Å²) >= 11 is 0. The molecule has 2 aliphatic rings. The van der Waals surface area contributed by atoms with Gasteiger partial charge in [-0.1, -0.05) is 65.8 Å². The van der Waals surface area contributed by atoms with Crippen LogP contribution in [-0.2, 0) is 19.1 Å². The van der Waals surface area contributed by atoms with E-state index >= 15 is 4.39 Å². The summed E-state index contributed by atoms with van der Waals surface area (Å²) < 4.78 is 25.7. The molecule has 2 fully saturated rings. The predicted octanol–water partition coefficient (Wildman–Crippen LogP) is 8.27. The van der Waals surface area contributed by atoms with Crippen molar-refractivity contribution in [2.45, 2.75) is 104 Å². The number of amides is 4. The number of methoxy groups -OCH3 is 2. The van der Waals surface area contributed by atoms with Crippen LogP contribution in [0.3, 0.4) is 0 Å². The van der Waals surface area contributed by atoms with Crippen molar-refractivity contribution in [2.24, 2.45) is 23.7 Å². The number of nitrogens with zero attached hydrogens (tertiary/aromatic N) is 4. The van der Waals surface area contributed by atoms with Crippen molar-refractivity contribution in [1.29, 1.82) is 0 Å². The first kappa shape index (κ1) is 43.1. The number of hydrogen-bond donors (Lipinski definition) is 4. The van der Waals surface area contributed by atoms with Gasteiger partial charge in [0.2, 0.25) is 11.8 Å². The number of ether oxygens (including phenoxy) is 2. The zero-order valence-corrected chi connectivity index (χ0v) is 36.5. The van der Waals surface area contributed by atoms with E-state index in [0.29, 0.717) is 41.3 Å². The maximum absolute atomic E-state index is 16.0. The summed E-state index contributed by atoms with van der Waals surface area (Å²) in [7, 11) is 2.55. The first-order valence-electron chi connectivity index (χ1n) is 21.1. The van der Waals surface area contributed by atoms with Crippen LogP contribution in [0.4, 0.5) is 14.0 Å². The lowest BCUT2D eigenvalue weighted by Gasteiger charge is -2.33. The van der Waals surface area contributed by atoms with Crippen LogP contribution in [0.5, 0.6) is 0 Å². The number of likely N-dealkylation sites (tertiary alicyclic amines) is 2. The average Bonchev–Trinajstić information content (AvgIpc) is 4.03. The van der Waals surface area contributed by atoms with Gasteiger partial charge in [0.25, 0.3) is 0 Å². The van der Waals surface area contributed by atoms with Crippen LogP contribution in [0.15, 0.2) is 54.7 Å². The Morgan fingerprint density at radius 1 is 0.738 bits per heavy atom. The number of rotatable bonds is 10. The third-order valence-corrected chi connectivity index (χ3v) is 13.0. The summed E-state index contributed by atoms with van der Waals surface area (Å²) in [5.41, 5.74) is 3.98. The molecule has 61 heavy (non-hydrogen) atoms. The predicted molar refractivity (Wildman–Crippen MR) is 231 cm³/mol. The lowest BCUT2D eigenvalue weighted by Crippen LogP contribution is -2.53. The fourth-order valence-corrected chi connectivity index (χ4v) is 9.07. The quantitative estimate of drug-likeness (QED) is 0.109. The van der Waals surface area contributed by atoms with E-state index in [9.17, 15) is 19.2 Å². The number of fused-ring (bicyclic) bond motifs is 3. The fraction of sp³-hybridized carbons (Fsp3) is 0.478. The number of benzene rings is 3. The summed E-state index contributed by atoms with van der Waals surface area (Å²) in [4.78, 5) is 72.4. The van der Waals surface area contributed by atoms with Gasteiger partial charge in [-0.15, -0.1) is 0 Å². The van der Waals surface area contributed by atoms with Crippen molar-refractivity contribution in [1.82, 2.24) is 40.4 Å². The van der Waals surface area contributed by atoms with Gasteiger partial charge >= 0.3 is 12.2 Å². The van der Waals surface area contributed by atoms with Gasteiger partial charge in [-0.3, -0.25) is 9.59 Å². The van der Waals surface area contributed by atoms with Crippen LogP contribution in [-0.4, -0.2) is 92.1 Å². The summed E-state index contributed by atoms with van der Waals surface area (Å²) in [6.07, 6.45) is 1.65. The van der Waals surface area contributed by atoms with Crippen molar-refractivity contribution in [2.75, 3.05) is 14.2 Å². The maximum atomic E-state index is 16.0. The third-order valence-electron chi connectivity index (χ3n) is 13.0. The molecule has 0 bridgehead atoms. The lowest BCUT2D eigenvalue weighted by atomic mass is 9.99. The number of halogens is 1. The average molecular weight is 837 g/mol. The number of nitrogens with one attached hydrogen (secondary N) is 4. The van der Waals surface area contributed by atoms with Gasteiger partial charge in [-0.2, -0.15) is 0 Å². The van der Waals surface area contributed by atoms with Gasteiger partial charge in [0.1, 0.15) is 29.5 Å². The standard InChI is InChI=1S/C46H57FN8O6/c1-22(2)38(52-45(58)60-9)43(56)54-26(7)24(5)17-36(54)41-48-21-35(50-41)32-15-12-29(20-33(32)47)28-11-14-31-30(19-28)13-16-34-40(31)51-42(49-34)37-18-25(6)27(8)55(37)44(57)39(23(3)4)53-46(59)61-10/h11-16,19-27,36-39H,17-18H2,1-10H3,(H,48,50)(H,49,51)(H,52,58)(H,53,59)/t24-,25-,26-,27-,36+,37+,38+,39+/m1/s1. The Kier molecular flexibility index (Phi) is 12.1. The molecule has 3 aromatic carbocycles. The maximum Gasteiger partial charge on any atom is 0.407 e. The highest BCUT2D eigenvalue weighted by Crippen LogP contribution is 2.42. The van der Waals surface area contributed by atoms with Gasteiger partial charge in [0.05, 0.1) is 49.2 Å². The number of hydrogen-bond acceptors (Lipinski definition) is 8. The monoisotopic (exact) mass is 836 g/mol. The molecule has 0 unspecified atom stereocenters. The topological polar surface area (TPSA) is 175 Å². The van der Waals surface area contributed by atoms with Gasteiger partial charge in [0, 0.05) is 23.0 Å². The minimum absolute atomic E-state index is 0.0744. The number of imidazole rings is 2. The van der Waals surface area contributed by atoms with Gasteiger partial charge in [-0.25, -0.2) is 23.9 Å². The second-order valence-electron chi connectivity index (χ2n) is 17.5. The minimum Gasteiger partial charge on any atom is -0.453 e. The lowest BCUT2D eigenvalue weighted by molar-refractivity contribution is -0.138. The van der Waals surface area contributed by atoms with E-state index in [1.165, 1.54) is 20.3 Å². The molecule has 4 N–H and O–H groups in total. The second-order valence-corrected chi connectivity index (χ2v) is 17.5. The number of carbonyl (C=O) groups excluding carboxylic acids is 4. The highest BCUT2D eigenvalue weighted by atomic mass is 19.1. The zero-order valence-electron chi connectivity index (χ0n) is 36.5. The Morgan fingerprint density at radius 3 is 1.82 bits per heavy atom. The second kappa shape index (κ2) is 17.2. The Balaban J connectivity index is 1.13. The molecule has 2 saturated heterocycles. The van der Waals surface area contributed by atoms with Crippen molar-refractivity contribution in [3.63, 3.8) is 0 Å². The molecule has 4 heterocycles. The van der Waals surface area contributed by atoms with Crippen LogP contribution in [0.2, 0.25) is 0 Å². The molecule has 4 amide bonds. The molecule has 0 aliphatic carbocycles. The number of alkyl carbamates (subject to hydrolysis) is 2. The molecule has 5 aromatic rings. The molecule has 0 spiro atoms. The van der Waals surface area contributed by atoms with E-state index in [1.807, 2.05) is 82.8 Å². The van der Waals surface area contributed by atoms with Gasteiger partial charge < -0.3 is 39.9 Å². The highest BCUT2D eigenvalue weighted by molar-refractivity contribution is 6.05. The minimum atomic E-state index is -0.783. The van der Waals surface area contributed by atoms with Gasteiger partial charge in [-0.05, 0) is 91.1 Å². The van der Waals surface area contributed by atoms with E-state index < -0.39 is 30.1 Å². The molecule has 14 nitrogen and oxygen atoms in total. The third kappa shape index (κ3) is 8.14. The molecule has 7 rings (SSSR count). The Morgan fingerprint density at radius 2 is 1.28 bits per heavy atom. The summed E-state index contributed by atoms with van der Waals surface area (Å²) in [5, 5.41) is 7.26. The van der Waals surface area contributed by atoms with Crippen molar-refractivity contribution in [3.8, 4) is 22.4 Å². The first-order chi connectivity index (χ1) is 29.0. The summed E-state index contributed by atoms with van der Waals surface area (Å²) in [6, 6.07) is 12.6. The van der Waals surface area contributed by atoms with Crippen LogP contribution in [0.1, 0.15) is 92.0 Å². The normalized spacial score (nSPS) is 22.6. The highest BCUT2D eigenvalue weighted by Gasteiger charge is 2.46. The Hall–Kier alpha value is -5.99. The smallest absolute Gasteiger partial charge is 0.407 e. The Labute approximate surface area is 355 Å². The van der Waals surface area contributed by atoms with Crippen LogP contribution in [0, 0.1) is 29.5 Å². The Bertz CT molecular complexity index is 2460. The molecule has 2 aliphatic heterocycles. The number of aromatic amines is 2. The number of H-pyrrole nitrogens is 2. The van der Waals surface area contributed by atoms with Crippen LogP contribution < -0.4 is 10.6 Å². The van der Waals surface area contributed by atoms with Crippen LogP contribution >= 0.6 is 0 Å². The summed E-state index contributed by atoms with van der Waals surface area (Å²) in [5.74, 6) is 0.447. The largest absolute Gasteiger partial charge is 0.453 e. The first-order valence-corrected chi connectivity index (χ1v) is 21.1. The molecular weight excluding hydrogens is 780 g/mol. The SMILES string of the molecule is COC(=O)N[C@H](C(=O)N1[C@H](C)[C@H](C)C[C@H]1c1ncc(-c2ccc(-c3ccc4c(ccc5[nH]c([C@@H]6C[C@@H](C)[C@@H](C)N6C(=O)[C@@H](NC(=O)OC)C(C)C)nc54)c3)cc2F)[nH]1)C(C)C. The number of carbonyl (C=O) groups is 4. The van der Waals surface area contributed by atoms with E-state index in [-0.39, 0.29) is 59.7 Å². The molecular formula is C46H57FN8O6. The van der Waals surface area contributed by atoms with Crippen LogP contribution in [0.25, 0.3) is 44.2 Å². The van der Waals surface area contributed by atoms with E-state index in [1.54, 1.807) is 17.2 Å². The summed E-state index contributed by atoms with van der Waals surface area (Å²) in [6.45, 7) is 15.8. The van der Waals surface area contributed by atoms with E-state index in [4.69, 9.17) is 14.5 Å².